The lowest BCUT2D eigenvalue weighted by molar-refractivity contribution is -0.137. The highest BCUT2D eigenvalue weighted by Crippen LogP contribution is 2.28. The van der Waals surface area contributed by atoms with Gasteiger partial charge in [0, 0.05) is 12.5 Å². The third kappa shape index (κ3) is 5.98. The Morgan fingerprint density at radius 2 is 1.45 bits per heavy atom. The van der Waals surface area contributed by atoms with Crippen LogP contribution in [0.15, 0.2) is 61.2 Å². The lowest BCUT2D eigenvalue weighted by Crippen LogP contribution is -2.06. The van der Waals surface area contributed by atoms with Gasteiger partial charge in [0.2, 0.25) is 0 Å². The molecule has 0 saturated carbocycles. The van der Waals surface area contributed by atoms with E-state index in [9.17, 15) is 15.3 Å². The molecule has 146 valence electrons. The Morgan fingerprint density at radius 3 is 1.90 bits per heavy atom. The minimum Gasteiger partial charge on any atom is -0.497 e. The number of allylic oxidation sites excluding steroid dienone is 2. The molecule has 29 heavy (non-hydrogen) atoms. The summed E-state index contributed by atoms with van der Waals surface area (Å²) >= 11 is 0. The number of esters is 1. The molecule has 0 aliphatic rings. The van der Waals surface area contributed by atoms with Gasteiger partial charge in [0.15, 0.2) is 0 Å². The monoisotopic (exact) mass is 388 g/mol. The Labute approximate surface area is 169 Å². The van der Waals surface area contributed by atoms with E-state index in [-0.39, 0.29) is 17.8 Å². The van der Waals surface area contributed by atoms with Gasteiger partial charge in [-0.05, 0) is 59.7 Å². The van der Waals surface area contributed by atoms with Crippen molar-refractivity contribution in [1.82, 2.24) is 0 Å². The lowest BCUT2D eigenvalue weighted by atomic mass is 9.96. The van der Waals surface area contributed by atoms with Crippen LogP contribution >= 0.6 is 0 Å². The number of carbonyl (C=O) groups is 1. The van der Waals surface area contributed by atoms with Crippen molar-refractivity contribution in [3.05, 3.63) is 72.3 Å². The van der Waals surface area contributed by atoms with Crippen LogP contribution in [0.4, 0.5) is 0 Å². The number of benzene rings is 2. The lowest BCUT2D eigenvalue weighted by Gasteiger charge is -2.08. The van der Waals surface area contributed by atoms with Crippen molar-refractivity contribution in [1.29, 1.82) is 10.5 Å². The zero-order chi connectivity index (χ0) is 21.1. The summed E-state index contributed by atoms with van der Waals surface area (Å²) in [5.41, 5.74) is 1.82. The summed E-state index contributed by atoms with van der Waals surface area (Å²) in [6.07, 6.45) is 1.65. The number of nitrogens with zero attached hydrogens (tertiary/aromatic N) is 2. The summed E-state index contributed by atoms with van der Waals surface area (Å²) in [5.74, 6) is 0.824. The molecule has 2 aromatic carbocycles. The van der Waals surface area contributed by atoms with Crippen LogP contribution in [-0.2, 0) is 9.53 Å². The Morgan fingerprint density at radius 1 is 0.931 bits per heavy atom. The van der Waals surface area contributed by atoms with E-state index in [0.29, 0.717) is 35.7 Å². The quantitative estimate of drug-likeness (QED) is 0.211. The van der Waals surface area contributed by atoms with Gasteiger partial charge in [0.1, 0.15) is 23.6 Å². The molecule has 0 bridgehead atoms. The van der Waals surface area contributed by atoms with E-state index in [4.69, 9.17) is 14.2 Å². The van der Waals surface area contributed by atoms with Gasteiger partial charge >= 0.3 is 5.97 Å². The van der Waals surface area contributed by atoms with Gasteiger partial charge in [0.25, 0.3) is 0 Å². The van der Waals surface area contributed by atoms with Crippen LogP contribution in [0.1, 0.15) is 17.5 Å². The summed E-state index contributed by atoms with van der Waals surface area (Å²) < 4.78 is 15.6. The van der Waals surface area contributed by atoms with Crippen molar-refractivity contribution >= 4 is 17.1 Å². The second-order valence-electron chi connectivity index (χ2n) is 5.80. The minimum atomic E-state index is -0.463. The second kappa shape index (κ2) is 11.0. The van der Waals surface area contributed by atoms with Crippen molar-refractivity contribution < 1.29 is 19.0 Å². The van der Waals surface area contributed by atoms with Crippen LogP contribution in [-0.4, -0.2) is 26.3 Å². The number of ether oxygens (including phenoxy) is 3. The van der Waals surface area contributed by atoms with Crippen LogP contribution < -0.4 is 9.47 Å². The highest BCUT2D eigenvalue weighted by Gasteiger charge is 2.12. The molecule has 0 aromatic heterocycles. The number of hydrogen-bond donors (Lipinski definition) is 0. The molecule has 6 nitrogen and oxygen atoms in total. The fraction of sp³-hybridized carbons (Fsp3) is 0.174. The van der Waals surface area contributed by atoms with E-state index >= 15 is 0 Å². The summed E-state index contributed by atoms with van der Waals surface area (Å²) in [7, 11) is 1.56. The summed E-state index contributed by atoms with van der Waals surface area (Å²) in [6, 6.07) is 18.1. The molecule has 0 aliphatic carbocycles. The third-order valence-electron chi connectivity index (χ3n) is 3.96. The molecule has 0 heterocycles. The molecule has 0 saturated heterocycles. The summed E-state index contributed by atoms with van der Waals surface area (Å²) in [5, 5.41) is 19.2. The van der Waals surface area contributed by atoms with Crippen LogP contribution in [0.25, 0.3) is 11.1 Å². The molecule has 0 unspecified atom stereocenters. The van der Waals surface area contributed by atoms with Gasteiger partial charge in [-0.2, -0.15) is 10.5 Å². The molecular formula is C23H20N2O4. The van der Waals surface area contributed by atoms with Crippen molar-refractivity contribution in [3.63, 3.8) is 0 Å². The van der Waals surface area contributed by atoms with Gasteiger partial charge in [-0.15, -0.1) is 0 Å². The minimum absolute atomic E-state index is 0.248. The highest BCUT2D eigenvalue weighted by atomic mass is 16.5. The van der Waals surface area contributed by atoms with E-state index in [1.807, 2.05) is 0 Å². The van der Waals surface area contributed by atoms with Crippen LogP contribution in [0.3, 0.4) is 0 Å². The standard InChI is InChI=1S/C23H20N2O4/c1-3-23(26)29-14-4-13-28-20-11-7-18(8-12-20)22(16-25)21(15-24)17-5-9-19(27-2)10-6-17/h3,5-12H,1,4,13-14H2,2H3/b22-21+. The normalized spacial score (nSPS) is 10.7. The molecule has 0 amide bonds. The second-order valence-corrected chi connectivity index (χ2v) is 5.80. The van der Waals surface area contributed by atoms with E-state index in [1.165, 1.54) is 0 Å². The maximum Gasteiger partial charge on any atom is 0.330 e. The van der Waals surface area contributed by atoms with Gasteiger partial charge in [-0.3, -0.25) is 0 Å². The molecule has 2 aromatic rings. The molecule has 0 spiro atoms. The van der Waals surface area contributed by atoms with Crippen molar-refractivity contribution in [2.24, 2.45) is 0 Å². The molecule has 0 N–H and O–H groups in total. The molecular weight excluding hydrogens is 368 g/mol. The van der Waals surface area contributed by atoms with E-state index in [1.54, 1.807) is 55.6 Å². The summed E-state index contributed by atoms with van der Waals surface area (Å²) in [4.78, 5) is 10.9. The number of hydrogen-bond acceptors (Lipinski definition) is 6. The Hall–Kier alpha value is -4.03. The first kappa shape index (κ1) is 21.3. The topological polar surface area (TPSA) is 92.3 Å². The zero-order valence-corrected chi connectivity index (χ0v) is 16.1. The van der Waals surface area contributed by atoms with Crippen LogP contribution in [0, 0.1) is 22.7 Å². The number of nitriles is 2. The first-order valence-corrected chi connectivity index (χ1v) is 8.84. The molecule has 0 atom stereocenters. The van der Waals surface area contributed by atoms with Crippen molar-refractivity contribution in [2.75, 3.05) is 20.3 Å². The molecule has 0 radical (unpaired) electrons. The number of carbonyl (C=O) groups excluding carboxylic acids is 1. The molecule has 0 fully saturated rings. The number of methoxy groups -OCH3 is 1. The van der Waals surface area contributed by atoms with Gasteiger partial charge < -0.3 is 14.2 Å². The average molecular weight is 388 g/mol. The smallest absolute Gasteiger partial charge is 0.330 e. The van der Waals surface area contributed by atoms with E-state index < -0.39 is 5.97 Å². The first-order chi connectivity index (χ1) is 14.1. The SMILES string of the molecule is C=CC(=O)OCCCOc1ccc(/C(C#N)=C(\C#N)c2ccc(OC)cc2)cc1. The maximum atomic E-state index is 10.9. The Balaban J connectivity index is 2.09. The van der Waals surface area contributed by atoms with Crippen molar-refractivity contribution in [3.8, 4) is 23.6 Å². The van der Waals surface area contributed by atoms with Gasteiger partial charge in [0.05, 0.1) is 31.5 Å². The van der Waals surface area contributed by atoms with Gasteiger partial charge in [-0.1, -0.05) is 6.58 Å². The number of rotatable bonds is 9. The fourth-order valence-corrected chi connectivity index (χ4v) is 2.49. The van der Waals surface area contributed by atoms with E-state index in [0.717, 1.165) is 6.08 Å². The Bertz CT molecular complexity index is 962. The van der Waals surface area contributed by atoms with Crippen LogP contribution in [0.2, 0.25) is 0 Å². The predicted octanol–water partition coefficient (Wildman–Crippen LogP) is 4.15. The largest absolute Gasteiger partial charge is 0.497 e. The molecule has 6 heteroatoms. The maximum absolute atomic E-state index is 10.9. The van der Waals surface area contributed by atoms with Crippen LogP contribution in [0.5, 0.6) is 11.5 Å². The zero-order valence-electron chi connectivity index (χ0n) is 16.1. The molecule has 0 aliphatic heterocycles. The van der Waals surface area contributed by atoms with E-state index in [2.05, 4.69) is 18.7 Å². The third-order valence-corrected chi connectivity index (χ3v) is 3.96. The first-order valence-electron chi connectivity index (χ1n) is 8.84. The predicted molar refractivity (Wildman–Crippen MR) is 109 cm³/mol. The fourth-order valence-electron chi connectivity index (χ4n) is 2.49. The van der Waals surface area contributed by atoms with Gasteiger partial charge in [-0.25, -0.2) is 4.79 Å². The Kier molecular flexibility index (Phi) is 8.04. The van der Waals surface area contributed by atoms with Crippen molar-refractivity contribution in [2.45, 2.75) is 6.42 Å². The highest BCUT2D eigenvalue weighted by molar-refractivity contribution is 6.02. The summed E-state index contributed by atoms with van der Waals surface area (Å²) in [6.45, 7) is 3.95. The molecule has 2 rings (SSSR count). The average Bonchev–Trinajstić information content (AvgIpc) is 2.77.